The van der Waals surface area contributed by atoms with E-state index in [9.17, 15) is 39.0 Å². The van der Waals surface area contributed by atoms with E-state index in [1.54, 1.807) is 43.0 Å². The van der Waals surface area contributed by atoms with Gasteiger partial charge in [0.25, 0.3) is 23.6 Å². The molecule has 2 fully saturated rings. The number of likely N-dealkylation sites (tertiary alicyclic amines) is 2. The summed E-state index contributed by atoms with van der Waals surface area (Å²) in [5, 5.41) is 35.2. The van der Waals surface area contributed by atoms with Crippen molar-refractivity contribution in [3.8, 4) is 35.7 Å². The van der Waals surface area contributed by atoms with Crippen LogP contribution in [0.25, 0.3) is 33.3 Å². The standard InChI is InChI=1S/C23H22N6O4.C17H15IN4O2.C7H9NO2/c1-14(30)26-13-16-3-4-18-17(11-16)20(21(24)31)27-29(18)19-12-15(6-9-25-19)5-7-23(33)8-10-28(2)22(23)32;1-10(23)20-9-11-5-6-15-14(7-11)16(17(19)24)21-22(15)13-4-2-3-12(18)8-13;1-3-7(10)4-5-8(2)6(7)9/h3-4,6,9,11-12,33H,8,10,13H2,1-2H3,(H2,24,31)(H,26,30);2-8H,9H2,1H3,(H2,19,24)(H,20,23);1,10H,4-5H2,2H3/t23-;;7-/m0.0/s1. The number of terminal acetylenes is 1. The Hall–Kier alpha value is -7.66. The summed E-state index contributed by atoms with van der Waals surface area (Å²) in [7, 11) is 3.24. The Morgan fingerprint density at radius 1 is 0.761 bits per heavy atom. The predicted octanol–water partition coefficient (Wildman–Crippen LogP) is 1.68. The molecule has 3 aromatic heterocycles. The zero-order valence-corrected chi connectivity index (χ0v) is 39.0. The number of aromatic nitrogens is 5. The van der Waals surface area contributed by atoms with Crippen molar-refractivity contribution in [3.63, 3.8) is 0 Å². The summed E-state index contributed by atoms with van der Waals surface area (Å²) in [6, 6.07) is 22.0. The number of halogens is 1. The number of rotatable bonds is 8. The fourth-order valence-electron chi connectivity index (χ4n) is 7.09. The molecule has 2 saturated heterocycles. The molecule has 3 aromatic carbocycles. The lowest BCUT2D eigenvalue weighted by atomic mass is 10.0. The van der Waals surface area contributed by atoms with Gasteiger partial charge in [0.05, 0.1) is 16.7 Å². The summed E-state index contributed by atoms with van der Waals surface area (Å²) in [6.07, 6.45) is 7.08. The molecule has 0 aliphatic carbocycles. The fraction of sp³-hybridized carbons (Fsp3) is 0.255. The van der Waals surface area contributed by atoms with Crippen LogP contribution in [0.4, 0.5) is 0 Å². The van der Waals surface area contributed by atoms with Crippen LogP contribution in [0.1, 0.15) is 64.4 Å². The van der Waals surface area contributed by atoms with Gasteiger partial charge >= 0.3 is 0 Å². The molecular formula is C47H46IN11O8. The lowest BCUT2D eigenvalue weighted by Gasteiger charge is -2.13. The van der Waals surface area contributed by atoms with Crippen LogP contribution in [-0.4, -0.2) is 118 Å². The van der Waals surface area contributed by atoms with E-state index in [-0.39, 0.29) is 35.5 Å². The third-order valence-electron chi connectivity index (χ3n) is 10.7. The minimum Gasteiger partial charge on any atom is -0.369 e. The normalized spacial score (nSPS) is 17.4. The molecule has 20 heteroatoms. The Balaban J connectivity index is 0.000000189. The molecule has 6 aromatic rings. The third-order valence-corrected chi connectivity index (χ3v) is 11.4. The average molecular weight is 1020 g/mol. The van der Waals surface area contributed by atoms with Gasteiger partial charge in [0.1, 0.15) is 0 Å². The molecule has 67 heavy (non-hydrogen) atoms. The van der Waals surface area contributed by atoms with Gasteiger partial charge in [0.15, 0.2) is 17.2 Å². The van der Waals surface area contributed by atoms with E-state index >= 15 is 0 Å². The molecule has 5 heterocycles. The molecule has 19 nitrogen and oxygen atoms in total. The molecule has 0 radical (unpaired) electrons. The molecule has 2 aliphatic heterocycles. The van der Waals surface area contributed by atoms with Gasteiger partial charge in [-0.3, -0.25) is 28.8 Å². The van der Waals surface area contributed by atoms with Crippen molar-refractivity contribution in [1.82, 2.24) is 45.0 Å². The Morgan fingerprint density at radius 3 is 1.75 bits per heavy atom. The molecule has 6 amide bonds. The minimum atomic E-state index is -1.71. The Kier molecular flexibility index (Phi) is 14.7. The van der Waals surface area contributed by atoms with Gasteiger partial charge in [-0.25, -0.2) is 14.3 Å². The summed E-state index contributed by atoms with van der Waals surface area (Å²) in [4.78, 5) is 76.4. The number of pyridine rings is 1. The molecular weight excluding hydrogens is 973 g/mol. The van der Waals surface area contributed by atoms with Crippen LogP contribution in [0, 0.1) is 27.8 Å². The summed E-state index contributed by atoms with van der Waals surface area (Å²) in [6.45, 7) is 4.55. The molecule has 0 unspecified atom stereocenters. The number of likely N-dealkylation sites (N-methyl/N-ethyl adjacent to an activating group) is 2. The monoisotopic (exact) mass is 1020 g/mol. The first-order chi connectivity index (χ1) is 31.7. The second-order valence-corrected chi connectivity index (χ2v) is 17.0. The number of hydrogen-bond donors (Lipinski definition) is 6. The smallest absolute Gasteiger partial charge is 0.269 e. The van der Waals surface area contributed by atoms with Crippen LogP contribution in [0.15, 0.2) is 79.0 Å². The second kappa shape index (κ2) is 20.2. The zero-order valence-electron chi connectivity index (χ0n) is 36.8. The first kappa shape index (κ1) is 48.8. The topological polar surface area (TPSA) is 274 Å². The molecule has 8 N–H and O–H groups in total. The van der Waals surface area contributed by atoms with Crippen LogP contribution in [0.5, 0.6) is 0 Å². The molecule has 0 saturated carbocycles. The van der Waals surface area contributed by atoms with Crippen molar-refractivity contribution in [2.75, 3.05) is 27.2 Å². The van der Waals surface area contributed by atoms with E-state index in [1.807, 2.05) is 48.5 Å². The lowest BCUT2D eigenvalue weighted by Crippen LogP contribution is -2.37. The molecule has 0 bridgehead atoms. The van der Waals surface area contributed by atoms with Gasteiger partial charge in [-0.15, -0.1) is 6.42 Å². The largest absolute Gasteiger partial charge is 0.369 e. The highest BCUT2D eigenvalue weighted by Gasteiger charge is 2.43. The van der Waals surface area contributed by atoms with Gasteiger partial charge in [-0.2, -0.15) is 10.2 Å². The lowest BCUT2D eigenvalue weighted by molar-refractivity contribution is -0.138. The molecule has 2 aliphatic rings. The van der Waals surface area contributed by atoms with E-state index < -0.39 is 28.9 Å². The highest BCUT2D eigenvalue weighted by atomic mass is 127. The highest BCUT2D eigenvalue weighted by Crippen LogP contribution is 2.26. The number of nitrogens with zero attached hydrogens (tertiary/aromatic N) is 7. The first-order valence-electron chi connectivity index (χ1n) is 20.5. The fourth-order valence-corrected chi connectivity index (χ4v) is 7.62. The number of hydrogen-bond acceptors (Lipinski definition) is 11. The van der Waals surface area contributed by atoms with Crippen molar-refractivity contribution < 1.29 is 39.0 Å². The number of benzene rings is 3. The molecule has 0 spiro atoms. The van der Waals surface area contributed by atoms with Gasteiger partial charge in [-0.1, -0.05) is 36.0 Å². The van der Waals surface area contributed by atoms with Crippen molar-refractivity contribution in [2.24, 2.45) is 11.5 Å². The maximum Gasteiger partial charge on any atom is 0.269 e. The summed E-state index contributed by atoms with van der Waals surface area (Å²) in [5.74, 6) is 5.63. The molecule has 8 rings (SSSR count). The first-order valence-corrected chi connectivity index (χ1v) is 21.6. The number of primary amides is 2. The zero-order chi connectivity index (χ0) is 48.8. The van der Waals surface area contributed by atoms with E-state index in [0.29, 0.717) is 60.3 Å². The van der Waals surface area contributed by atoms with Crippen molar-refractivity contribution >= 4 is 79.8 Å². The number of aliphatic hydroxyl groups is 2. The van der Waals surface area contributed by atoms with Crippen LogP contribution < -0.4 is 22.1 Å². The van der Waals surface area contributed by atoms with Crippen LogP contribution in [-0.2, 0) is 32.3 Å². The number of carbonyl (C=O) groups is 6. The maximum atomic E-state index is 12.1. The van der Waals surface area contributed by atoms with Crippen LogP contribution in [0.3, 0.4) is 0 Å². The average Bonchev–Trinajstić information content (AvgIpc) is 4.03. The van der Waals surface area contributed by atoms with Gasteiger partial charge in [-0.05, 0) is 88.3 Å². The number of nitrogens with two attached hydrogens (primary N) is 2. The van der Waals surface area contributed by atoms with Gasteiger partial charge in [0.2, 0.25) is 23.0 Å². The molecule has 344 valence electrons. The predicted molar refractivity (Wildman–Crippen MR) is 255 cm³/mol. The van der Waals surface area contributed by atoms with Crippen LogP contribution in [0.2, 0.25) is 0 Å². The van der Waals surface area contributed by atoms with E-state index in [1.165, 1.54) is 34.5 Å². The van der Waals surface area contributed by atoms with E-state index in [4.69, 9.17) is 17.9 Å². The quantitative estimate of drug-likeness (QED) is 0.0943. The number of amides is 6. The van der Waals surface area contributed by atoms with Gasteiger partial charge in [0, 0.05) is 93.1 Å². The molecule has 2 atom stereocenters. The summed E-state index contributed by atoms with van der Waals surface area (Å²) in [5.41, 5.74) is 12.5. The van der Waals surface area contributed by atoms with Crippen molar-refractivity contribution in [2.45, 2.75) is 51.0 Å². The Bertz CT molecular complexity index is 3070. The number of carbonyl (C=O) groups excluding carboxylic acids is 6. The van der Waals surface area contributed by atoms with Crippen LogP contribution >= 0.6 is 22.6 Å². The summed E-state index contributed by atoms with van der Waals surface area (Å²) < 4.78 is 4.25. The van der Waals surface area contributed by atoms with E-state index in [0.717, 1.165) is 25.9 Å². The van der Waals surface area contributed by atoms with Gasteiger partial charge < -0.3 is 42.1 Å². The van der Waals surface area contributed by atoms with Crippen molar-refractivity contribution in [3.05, 3.63) is 111 Å². The highest BCUT2D eigenvalue weighted by molar-refractivity contribution is 14.1. The summed E-state index contributed by atoms with van der Waals surface area (Å²) >= 11 is 2.23. The SMILES string of the molecule is C#C[C@]1(O)CCN(C)C1=O.CC(=O)NCc1ccc2c(c1)c(C(N)=O)nn2-c1cc(C#C[C@]2(O)CCN(C)C2=O)ccn1.CC(=O)NCc1ccc2c(c1)c(C(N)=O)nn2-c1cccc(I)c1. The maximum absolute atomic E-state index is 12.1. The Labute approximate surface area is 398 Å². The Morgan fingerprint density at radius 2 is 1.28 bits per heavy atom. The number of nitrogens with one attached hydrogen (secondary N) is 2. The van der Waals surface area contributed by atoms with Crippen molar-refractivity contribution in [1.29, 1.82) is 0 Å². The third kappa shape index (κ3) is 11.1. The van der Waals surface area contributed by atoms with E-state index in [2.05, 4.69) is 66.2 Å². The second-order valence-electron chi connectivity index (χ2n) is 15.7. The number of fused-ring (bicyclic) bond motifs is 2. The minimum absolute atomic E-state index is 0.0712.